The van der Waals surface area contributed by atoms with Gasteiger partial charge in [0.1, 0.15) is 12.4 Å². The van der Waals surface area contributed by atoms with E-state index in [2.05, 4.69) is 26.7 Å². The molecule has 0 bridgehead atoms. The van der Waals surface area contributed by atoms with Crippen LogP contribution >= 0.6 is 0 Å². The van der Waals surface area contributed by atoms with E-state index >= 15 is 0 Å². The van der Waals surface area contributed by atoms with Crippen molar-refractivity contribution in [1.29, 1.82) is 0 Å². The molecule has 3 heterocycles. The second-order valence-corrected chi connectivity index (χ2v) is 11.7. The number of nitrogens with zero attached hydrogens (tertiary/aromatic N) is 3. The van der Waals surface area contributed by atoms with Crippen molar-refractivity contribution in [3.63, 3.8) is 0 Å². The van der Waals surface area contributed by atoms with Crippen molar-refractivity contribution in [1.82, 2.24) is 15.0 Å². The minimum Gasteiger partial charge on any atom is -0.475 e. The number of fused-ring (bicyclic) bond motifs is 1. The number of sulfonamides is 1. The topological polar surface area (TPSA) is 107 Å². The van der Waals surface area contributed by atoms with Gasteiger partial charge in [0.05, 0.1) is 11.5 Å². The van der Waals surface area contributed by atoms with E-state index < -0.39 is 10.0 Å². The molecule has 9 nitrogen and oxygen atoms in total. The molecule has 0 saturated carbocycles. The van der Waals surface area contributed by atoms with Gasteiger partial charge in [-0.25, -0.2) is 13.4 Å². The number of benzene rings is 1. The van der Waals surface area contributed by atoms with Gasteiger partial charge in [0, 0.05) is 50.0 Å². The Hall–Kier alpha value is -2.95. The van der Waals surface area contributed by atoms with E-state index in [1.165, 1.54) is 0 Å². The summed E-state index contributed by atoms with van der Waals surface area (Å²) in [5, 5.41) is 3.88. The highest BCUT2D eigenvalue weighted by Gasteiger charge is 2.26. The van der Waals surface area contributed by atoms with E-state index in [0.29, 0.717) is 31.4 Å². The largest absolute Gasteiger partial charge is 0.475 e. The van der Waals surface area contributed by atoms with E-state index in [1.54, 1.807) is 25.3 Å². The molecule has 194 valence electrons. The molecule has 1 aliphatic heterocycles. The number of nitrogens with one attached hydrogen (secondary N) is 1. The van der Waals surface area contributed by atoms with Gasteiger partial charge >= 0.3 is 0 Å². The Bertz CT molecular complexity index is 1280. The summed E-state index contributed by atoms with van der Waals surface area (Å²) < 4.78 is 44.6. The van der Waals surface area contributed by atoms with Gasteiger partial charge in [-0.1, -0.05) is 38.1 Å². The van der Waals surface area contributed by atoms with Crippen molar-refractivity contribution < 1.29 is 22.4 Å². The molecule has 1 N–H and O–H groups in total. The molecule has 3 aromatic rings. The summed E-state index contributed by atoms with van der Waals surface area (Å²) in [6, 6.07) is 10.9. The standard InChI is InChI=1S/C26H34N4O5S/c1-18(20-7-9-25(27-16-20)34-13-12-33-5)30-11-10-19-6-8-22(14-21(19)17-30)36(31,32)29-24-15-23(35-28-24)26(2,3)4/h6-9,14-16,18H,10-13,17H2,1-5H3,(H,28,29). The predicted octanol–water partition coefficient (Wildman–Crippen LogP) is 4.31. The normalized spacial score (nSPS) is 15.4. The highest BCUT2D eigenvalue weighted by atomic mass is 32.2. The summed E-state index contributed by atoms with van der Waals surface area (Å²) in [7, 11) is -2.18. The van der Waals surface area contributed by atoms with Crippen molar-refractivity contribution in [2.45, 2.75) is 57.0 Å². The fraction of sp³-hybridized carbons (Fsp3) is 0.462. The zero-order chi connectivity index (χ0) is 25.9. The van der Waals surface area contributed by atoms with Crippen LogP contribution in [0.4, 0.5) is 5.82 Å². The summed E-state index contributed by atoms with van der Waals surface area (Å²) in [6.45, 7) is 10.5. The van der Waals surface area contributed by atoms with E-state index in [9.17, 15) is 8.42 Å². The van der Waals surface area contributed by atoms with Gasteiger partial charge in [-0.2, -0.15) is 0 Å². The number of rotatable bonds is 9. The Morgan fingerprint density at radius 2 is 1.94 bits per heavy atom. The maximum Gasteiger partial charge on any atom is 0.263 e. The van der Waals surface area contributed by atoms with Gasteiger partial charge in [-0.15, -0.1) is 0 Å². The van der Waals surface area contributed by atoms with Crippen LogP contribution in [0.2, 0.25) is 0 Å². The summed E-state index contributed by atoms with van der Waals surface area (Å²) in [4.78, 5) is 6.93. The first-order valence-electron chi connectivity index (χ1n) is 12.0. The van der Waals surface area contributed by atoms with Crippen molar-refractivity contribution in [3.8, 4) is 5.88 Å². The molecular formula is C26H34N4O5S. The minimum atomic E-state index is -3.81. The molecular weight excluding hydrogens is 480 g/mol. The second-order valence-electron chi connectivity index (χ2n) is 10.0. The lowest BCUT2D eigenvalue weighted by molar-refractivity contribution is 0.143. The Kier molecular flexibility index (Phi) is 7.67. The van der Waals surface area contributed by atoms with Crippen LogP contribution in [0.3, 0.4) is 0 Å². The zero-order valence-electron chi connectivity index (χ0n) is 21.4. The minimum absolute atomic E-state index is 0.114. The van der Waals surface area contributed by atoms with E-state index in [0.717, 1.165) is 29.7 Å². The maximum atomic E-state index is 13.1. The van der Waals surface area contributed by atoms with Crippen LogP contribution in [0.1, 0.15) is 56.2 Å². The lowest BCUT2D eigenvalue weighted by atomic mass is 9.93. The van der Waals surface area contributed by atoms with Gasteiger partial charge in [0.15, 0.2) is 5.82 Å². The molecule has 2 aromatic heterocycles. The van der Waals surface area contributed by atoms with Crippen LogP contribution in [0.25, 0.3) is 0 Å². The van der Waals surface area contributed by atoms with E-state index in [-0.39, 0.29) is 22.2 Å². The first kappa shape index (κ1) is 26.1. The molecule has 1 unspecified atom stereocenters. The molecule has 10 heteroatoms. The molecule has 36 heavy (non-hydrogen) atoms. The van der Waals surface area contributed by atoms with E-state index in [1.807, 2.05) is 45.2 Å². The highest BCUT2D eigenvalue weighted by Crippen LogP contribution is 2.30. The quantitative estimate of drug-likeness (QED) is 0.421. The van der Waals surface area contributed by atoms with Crippen molar-refractivity contribution in [3.05, 3.63) is 65.0 Å². The molecule has 0 fully saturated rings. The Labute approximate surface area is 212 Å². The van der Waals surface area contributed by atoms with Crippen molar-refractivity contribution in [2.75, 3.05) is 31.6 Å². The van der Waals surface area contributed by atoms with Gasteiger partial charge < -0.3 is 14.0 Å². The Morgan fingerprint density at radius 1 is 1.14 bits per heavy atom. The first-order chi connectivity index (χ1) is 17.1. The van der Waals surface area contributed by atoms with Gasteiger partial charge in [-0.05, 0) is 42.2 Å². The highest BCUT2D eigenvalue weighted by molar-refractivity contribution is 7.92. The third-order valence-electron chi connectivity index (χ3n) is 6.34. The van der Waals surface area contributed by atoms with Crippen LogP contribution in [-0.2, 0) is 33.1 Å². The van der Waals surface area contributed by atoms with Gasteiger partial charge in [0.25, 0.3) is 10.0 Å². The smallest absolute Gasteiger partial charge is 0.263 e. The van der Waals surface area contributed by atoms with Crippen LogP contribution in [-0.4, -0.2) is 50.3 Å². The third-order valence-corrected chi connectivity index (χ3v) is 7.70. The fourth-order valence-corrected chi connectivity index (χ4v) is 5.12. The molecule has 4 rings (SSSR count). The lowest BCUT2D eigenvalue weighted by Crippen LogP contribution is -2.33. The number of hydrogen-bond donors (Lipinski definition) is 1. The number of aromatic nitrogens is 2. The lowest BCUT2D eigenvalue weighted by Gasteiger charge is -2.34. The number of hydrogen-bond acceptors (Lipinski definition) is 8. The van der Waals surface area contributed by atoms with Crippen LogP contribution < -0.4 is 9.46 Å². The molecule has 1 aromatic carbocycles. The summed E-state index contributed by atoms with van der Waals surface area (Å²) in [5.74, 6) is 1.35. The monoisotopic (exact) mass is 514 g/mol. The molecule has 0 saturated heterocycles. The Balaban J connectivity index is 1.46. The average Bonchev–Trinajstić information content (AvgIpc) is 3.32. The average molecular weight is 515 g/mol. The molecule has 1 atom stereocenters. The number of methoxy groups -OCH3 is 1. The fourth-order valence-electron chi connectivity index (χ4n) is 4.09. The van der Waals surface area contributed by atoms with Crippen LogP contribution in [0.5, 0.6) is 5.88 Å². The molecule has 0 aliphatic carbocycles. The molecule has 0 amide bonds. The maximum absolute atomic E-state index is 13.1. The Morgan fingerprint density at radius 3 is 2.61 bits per heavy atom. The summed E-state index contributed by atoms with van der Waals surface area (Å²) in [6.07, 6.45) is 2.67. The number of anilines is 1. The number of pyridine rings is 1. The summed E-state index contributed by atoms with van der Waals surface area (Å²) >= 11 is 0. The SMILES string of the molecule is COCCOc1ccc(C(C)N2CCc3ccc(S(=O)(=O)Nc4cc(C(C)(C)C)on4)cc3C2)cn1. The molecule has 0 spiro atoms. The molecule has 0 radical (unpaired) electrons. The van der Waals surface area contributed by atoms with Crippen LogP contribution in [0, 0.1) is 0 Å². The molecule has 1 aliphatic rings. The van der Waals surface area contributed by atoms with Crippen molar-refractivity contribution in [2.24, 2.45) is 0 Å². The summed E-state index contributed by atoms with van der Waals surface area (Å²) in [5.41, 5.74) is 2.96. The zero-order valence-corrected chi connectivity index (χ0v) is 22.3. The van der Waals surface area contributed by atoms with Crippen LogP contribution in [0.15, 0.2) is 52.0 Å². The number of ether oxygens (including phenoxy) is 2. The predicted molar refractivity (Wildman–Crippen MR) is 137 cm³/mol. The van der Waals surface area contributed by atoms with Crippen molar-refractivity contribution >= 4 is 15.8 Å². The van der Waals surface area contributed by atoms with Gasteiger partial charge in [0.2, 0.25) is 5.88 Å². The van der Waals surface area contributed by atoms with Gasteiger partial charge in [-0.3, -0.25) is 9.62 Å². The third kappa shape index (κ3) is 6.05. The second kappa shape index (κ2) is 10.6. The first-order valence-corrected chi connectivity index (χ1v) is 13.5. The van der Waals surface area contributed by atoms with E-state index in [4.69, 9.17) is 14.0 Å².